The van der Waals surface area contributed by atoms with Crippen molar-refractivity contribution in [2.24, 2.45) is 0 Å². The molecular formula is C17H26N2O4. The third-order valence-electron chi connectivity index (χ3n) is 3.27. The standard InChI is InChI=1S/C17H26N2O4/c1-5-7-10-23-14-9-8-13(11-15(14)22-4)17(21)19-12(3)16(20)18-6-2/h8-9,11-12H,5-7,10H2,1-4H3,(H,18,20)(H,19,21)/t12-/m1/s1. The van der Waals surface area contributed by atoms with Gasteiger partial charge in [0.15, 0.2) is 11.5 Å². The van der Waals surface area contributed by atoms with Crippen molar-refractivity contribution in [1.29, 1.82) is 0 Å². The highest BCUT2D eigenvalue weighted by Crippen LogP contribution is 2.28. The predicted octanol–water partition coefficient (Wildman–Crippen LogP) is 2.13. The first-order valence-electron chi connectivity index (χ1n) is 7.92. The van der Waals surface area contributed by atoms with Crippen molar-refractivity contribution in [3.05, 3.63) is 23.8 Å². The van der Waals surface area contributed by atoms with Crippen molar-refractivity contribution < 1.29 is 19.1 Å². The molecule has 1 rings (SSSR count). The highest BCUT2D eigenvalue weighted by Gasteiger charge is 2.17. The second-order valence-electron chi connectivity index (χ2n) is 5.16. The molecule has 2 amide bonds. The number of ether oxygens (including phenoxy) is 2. The highest BCUT2D eigenvalue weighted by molar-refractivity contribution is 5.97. The topological polar surface area (TPSA) is 76.7 Å². The molecule has 0 saturated carbocycles. The van der Waals surface area contributed by atoms with E-state index in [1.807, 2.05) is 6.92 Å². The van der Waals surface area contributed by atoms with Crippen LogP contribution >= 0.6 is 0 Å². The van der Waals surface area contributed by atoms with Gasteiger partial charge in [0.1, 0.15) is 6.04 Å². The molecule has 0 unspecified atom stereocenters. The summed E-state index contributed by atoms with van der Waals surface area (Å²) in [6, 6.07) is 4.37. The van der Waals surface area contributed by atoms with Crippen LogP contribution in [0.1, 0.15) is 44.0 Å². The molecule has 1 aromatic carbocycles. The zero-order valence-electron chi connectivity index (χ0n) is 14.3. The van der Waals surface area contributed by atoms with Crippen LogP contribution in [0.25, 0.3) is 0 Å². The van der Waals surface area contributed by atoms with Gasteiger partial charge >= 0.3 is 0 Å². The quantitative estimate of drug-likeness (QED) is 0.683. The third-order valence-corrected chi connectivity index (χ3v) is 3.27. The molecule has 128 valence electrons. The lowest BCUT2D eigenvalue weighted by molar-refractivity contribution is -0.122. The Morgan fingerprint density at radius 1 is 1.22 bits per heavy atom. The Balaban J connectivity index is 2.76. The maximum Gasteiger partial charge on any atom is 0.252 e. The first-order valence-corrected chi connectivity index (χ1v) is 7.92. The van der Waals surface area contributed by atoms with Gasteiger partial charge in [0, 0.05) is 12.1 Å². The molecule has 1 atom stereocenters. The van der Waals surface area contributed by atoms with Gasteiger partial charge in [0.05, 0.1) is 13.7 Å². The van der Waals surface area contributed by atoms with Gasteiger partial charge in [-0.25, -0.2) is 0 Å². The smallest absolute Gasteiger partial charge is 0.252 e. The Bertz CT molecular complexity index is 531. The summed E-state index contributed by atoms with van der Waals surface area (Å²) >= 11 is 0. The monoisotopic (exact) mass is 322 g/mol. The third kappa shape index (κ3) is 5.81. The molecule has 0 aromatic heterocycles. The number of benzene rings is 1. The van der Waals surface area contributed by atoms with Crippen LogP contribution < -0.4 is 20.1 Å². The van der Waals surface area contributed by atoms with E-state index in [0.717, 1.165) is 12.8 Å². The number of amides is 2. The van der Waals surface area contributed by atoms with E-state index in [-0.39, 0.29) is 11.8 Å². The second kappa shape index (κ2) is 9.71. The number of carbonyl (C=O) groups excluding carboxylic acids is 2. The maximum absolute atomic E-state index is 12.2. The number of methoxy groups -OCH3 is 1. The minimum absolute atomic E-state index is 0.215. The van der Waals surface area contributed by atoms with Gasteiger partial charge < -0.3 is 20.1 Å². The lowest BCUT2D eigenvalue weighted by Crippen LogP contribution is -2.44. The second-order valence-corrected chi connectivity index (χ2v) is 5.16. The number of hydrogen-bond acceptors (Lipinski definition) is 4. The van der Waals surface area contributed by atoms with Gasteiger partial charge in [-0.05, 0) is 38.5 Å². The van der Waals surface area contributed by atoms with E-state index in [1.165, 1.54) is 7.11 Å². The fourth-order valence-corrected chi connectivity index (χ4v) is 1.93. The van der Waals surface area contributed by atoms with E-state index >= 15 is 0 Å². The molecule has 2 N–H and O–H groups in total. The van der Waals surface area contributed by atoms with Gasteiger partial charge in [-0.15, -0.1) is 0 Å². The molecule has 0 aliphatic rings. The summed E-state index contributed by atoms with van der Waals surface area (Å²) in [6.45, 7) is 6.68. The average Bonchev–Trinajstić information content (AvgIpc) is 2.55. The van der Waals surface area contributed by atoms with Crippen LogP contribution in [0.5, 0.6) is 11.5 Å². The summed E-state index contributed by atoms with van der Waals surface area (Å²) in [6.07, 6.45) is 2.00. The maximum atomic E-state index is 12.2. The minimum atomic E-state index is -0.603. The van der Waals surface area contributed by atoms with Crippen molar-refractivity contribution in [1.82, 2.24) is 10.6 Å². The minimum Gasteiger partial charge on any atom is -0.493 e. The number of rotatable bonds is 9. The SMILES string of the molecule is CCCCOc1ccc(C(=O)N[C@H](C)C(=O)NCC)cc1OC. The zero-order chi connectivity index (χ0) is 17.2. The van der Waals surface area contributed by atoms with E-state index in [9.17, 15) is 9.59 Å². The van der Waals surface area contributed by atoms with Crippen molar-refractivity contribution >= 4 is 11.8 Å². The molecule has 0 radical (unpaired) electrons. The van der Waals surface area contributed by atoms with E-state index in [1.54, 1.807) is 25.1 Å². The van der Waals surface area contributed by atoms with Gasteiger partial charge in [-0.1, -0.05) is 13.3 Å². The van der Waals surface area contributed by atoms with Gasteiger partial charge in [0.2, 0.25) is 5.91 Å². The van der Waals surface area contributed by atoms with Crippen LogP contribution in [0.2, 0.25) is 0 Å². The zero-order valence-corrected chi connectivity index (χ0v) is 14.3. The van der Waals surface area contributed by atoms with Crippen molar-refractivity contribution in [3.8, 4) is 11.5 Å². The van der Waals surface area contributed by atoms with Crippen molar-refractivity contribution in [2.75, 3.05) is 20.3 Å². The molecule has 1 aromatic rings. The van der Waals surface area contributed by atoms with Crippen LogP contribution in [0.4, 0.5) is 0 Å². The summed E-state index contributed by atoms with van der Waals surface area (Å²) in [5.41, 5.74) is 0.417. The lowest BCUT2D eigenvalue weighted by atomic mass is 10.1. The molecule has 0 aliphatic carbocycles. The summed E-state index contributed by atoms with van der Waals surface area (Å²) < 4.78 is 10.9. The first-order chi connectivity index (χ1) is 11.0. The predicted molar refractivity (Wildman–Crippen MR) is 89.0 cm³/mol. The number of hydrogen-bond donors (Lipinski definition) is 2. The van der Waals surface area contributed by atoms with Crippen LogP contribution in [-0.2, 0) is 4.79 Å². The lowest BCUT2D eigenvalue weighted by Gasteiger charge is -2.15. The summed E-state index contributed by atoms with van der Waals surface area (Å²) in [5.74, 6) is 0.559. The fourth-order valence-electron chi connectivity index (χ4n) is 1.93. The number of likely N-dealkylation sites (N-methyl/N-ethyl adjacent to an activating group) is 1. The molecule has 0 bridgehead atoms. The van der Waals surface area contributed by atoms with Gasteiger partial charge in [0.25, 0.3) is 5.91 Å². The Morgan fingerprint density at radius 3 is 2.57 bits per heavy atom. The summed E-state index contributed by atoms with van der Waals surface area (Å²) in [7, 11) is 1.53. The van der Waals surface area contributed by atoms with E-state index in [0.29, 0.717) is 30.2 Å². The summed E-state index contributed by atoms with van der Waals surface area (Å²) in [4.78, 5) is 23.9. The van der Waals surface area contributed by atoms with E-state index < -0.39 is 6.04 Å². The number of nitrogens with one attached hydrogen (secondary N) is 2. The average molecular weight is 322 g/mol. The Kier molecular flexibility index (Phi) is 7.94. The Hall–Kier alpha value is -2.24. The number of carbonyl (C=O) groups is 2. The molecule has 0 saturated heterocycles. The molecular weight excluding hydrogens is 296 g/mol. The molecule has 6 heteroatoms. The molecule has 23 heavy (non-hydrogen) atoms. The van der Waals surface area contributed by atoms with Gasteiger partial charge in [-0.2, -0.15) is 0 Å². The van der Waals surface area contributed by atoms with E-state index in [4.69, 9.17) is 9.47 Å². The van der Waals surface area contributed by atoms with Crippen LogP contribution in [-0.4, -0.2) is 38.1 Å². The van der Waals surface area contributed by atoms with Crippen molar-refractivity contribution in [2.45, 2.75) is 39.7 Å². The Labute approximate surface area is 137 Å². The normalized spacial score (nSPS) is 11.5. The fraction of sp³-hybridized carbons (Fsp3) is 0.529. The highest BCUT2D eigenvalue weighted by atomic mass is 16.5. The molecule has 6 nitrogen and oxygen atoms in total. The first kappa shape index (κ1) is 18.8. The van der Waals surface area contributed by atoms with Crippen molar-refractivity contribution in [3.63, 3.8) is 0 Å². The molecule has 0 fully saturated rings. The molecule has 0 spiro atoms. The van der Waals surface area contributed by atoms with Crippen LogP contribution in [0, 0.1) is 0 Å². The number of unbranched alkanes of at least 4 members (excludes halogenated alkanes) is 1. The van der Waals surface area contributed by atoms with Crippen LogP contribution in [0.3, 0.4) is 0 Å². The molecule has 0 aliphatic heterocycles. The van der Waals surface area contributed by atoms with E-state index in [2.05, 4.69) is 17.6 Å². The Morgan fingerprint density at radius 2 is 1.96 bits per heavy atom. The largest absolute Gasteiger partial charge is 0.493 e. The molecule has 0 heterocycles. The summed E-state index contributed by atoms with van der Waals surface area (Å²) in [5, 5.41) is 5.32. The van der Waals surface area contributed by atoms with Gasteiger partial charge in [-0.3, -0.25) is 9.59 Å². The van der Waals surface area contributed by atoms with Crippen LogP contribution in [0.15, 0.2) is 18.2 Å².